The molecule has 188 valence electrons. The van der Waals surface area contributed by atoms with Crippen LogP contribution in [-0.4, -0.2) is 28.9 Å². The van der Waals surface area contributed by atoms with Crippen LogP contribution in [0.1, 0.15) is 27.0 Å². The summed E-state index contributed by atoms with van der Waals surface area (Å²) in [6, 6.07) is 13.1. The van der Waals surface area contributed by atoms with E-state index in [9.17, 15) is 19.2 Å². The number of aromatic carboxylic acids is 1. The fourth-order valence-electron chi connectivity index (χ4n) is 3.53. The van der Waals surface area contributed by atoms with E-state index < -0.39 is 23.8 Å². The first-order valence-electron chi connectivity index (χ1n) is 10.7. The maximum absolute atomic E-state index is 13.1. The molecule has 3 aromatic rings. The third-order valence-corrected chi connectivity index (χ3v) is 6.87. The summed E-state index contributed by atoms with van der Waals surface area (Å²) >= 11 is 16.1. The van der Waals surface area contributed by atoms with Gasteiger partial charge in [-0.15, -0.1) is 0 Å². The topological polar surface area (TPSA) is 113 Å². The maximum atomic E-state index is 13.1. The molecule has 0 aliphatic carbocycles. The fourth-order valence-corrected chi connectivity index (χ4v) is 4.39. The van der Waals surface area contributed by atoms with Gasteiger partial charge in [0.1, 0.15) is 12.2 Å². The Hall–Kier alpha value is -3.66. The number of nitrogens with zero attached hydrogens (tertiary/aromatic N) is 1. The largest absolute Gasteiger partial charge is 0.486 e. The second-order valence-corrected chi connectivity index (χ2v) is 9.66. The monoisotopic (exact) mass is 602 g/mol. The number of carboxylic acid groups (broad SMARTS) is 1. The van der Waals surface area contributed by atoms with Crippen molar-refractivity contribution in [3.63, 3.8) is 0 Å². The van der Waals surface area contributed by atoms with E-state index in [1.54, 1.807) is 37.3 Å². The van der Waals surface area contributed by atoms with Crippen molar-refractivity contribution in [1.82, 2.24) is 5.32 Å². The van der Waals surface area contributed by atoms with Gasteiger partial charge in [0.2, 0.25) is 0 Å². The Morgan fingerprint density at radius 2 is 1.70 bits per heavy atom. The number of anilines is 1. The molecule has 4 amide bonds. The Balaban J connectivity index is 1.58. The Kier molecular flexibility index (Phi) is 7.68. The maximum Gasteiger partial charge on any atom is 0.335 e. The van der Waals surface area contributed by atoms with Crippen LogP contribution in [0, 0.1) is 6.92 Å². The molecule has 1 aliphatic rings. The highest BCUT2D eigenvalue weighted by molar-refractivity contribution is 9.10. The van der Waals surface area contributed by atoms with Crippen LogP contribution >= 0.6 is 39.1 Å². The normalized spacial score (nSPS) is 14.6. The number of ether oxygens (including phenoxy) is 1. The number of urea groups is 1. The molecule has 1 saturated heterocycles. The van der Waals surface area contributed by atoms with Crippen molar-refractivity contribution in [2.45, 2.75) is 13.5 Å². The van der Waals surface area contributed by atoms with Gasteiger partial charge in [-0.3, -0.25) is 14.9 Å². The molecule has 8 nitrogen and oxygen atoms in total. The minimum Gasteiger partial charge on any atom is -0.486 e. The van der Waals surface area contributed by atoms with Gasteiger partial charge in [0.15, 0.2) is 5.75 Å². The number of nitrogens with one attached hydrogen (secondary N) is 1. The van der Waals surface area contributed by atoms with E-state index in [2.05, 4.69) is 21.2 Å². The van der Waals surface area contributed by atoms with E-state index in [0.717, 1.165) is 14.9 Å². The minimum absolute atomic E-state index is 0.0738. The molecular formula is C26H17BrCl2N2O6. The average Bonchev–Trinajstić information content (AvgIpc) is 2.83. The number of carboxylic acids is 1. The van der Waals surface area contributed by atoms with Gasteiger partial charge >= 0.3 is 12.0 Å². The van der Waals surface area contributed by atoms with Gasteiger partial charge in [-0.2, -0.15) is 0 Å². The third kappa shape index (κ3) is 5.69. The molecule has 0 aromatic heterocycles. The number of benzene rings is 3. The summed E-state index contributed by atoms with van der Waals surface area (Å²) in [6.45, 7) is 1.88. The summed E-state index contributed by atoms with van der Waals surface area (Å²) < 4.78 is 6.52. The van der Waals surface area contributed by atoms with Crippen LogP contribution in [0.15, 0.2) is 64.6 Å². The van der Waals surface area contributed by atoms with Crippen molar-refractivity contribution in [1.29, 1.82) is 0 Å². The summed E-state index contributed by atoms with van der Waals surface area (Å²) in [7, 11) is 0. The van der Waals surface area contributed by atoms with Crippen molar-refractivity contribution >= 4 is 74.7 Å². The second kappa shape index (κ2) is 10.8. The summed E-state index contributed by atoms with van der Waals surface area (Å²) in [4.78, 5) is 50.0. The van der Waals surface area contributed by atoms with Gasteiger partial charge in [-0.1, -0.05) is 51.3 Å². The third-order valence-electron chi connectivity index (χ3n) is 5.42. The number of aryl methyl sites for hydroxylation is 1. The van der Waals surface area contributed by atoms with Gasteiger partial charge in [-0.25, -0.2) is 14.5 Å². The molecule has 1 fully saturated rings. The number of barbiturate groups is 1. The molecule has 1 aliphatic heterocycles. The van der Waals surface area contributed by atoms with Gasteiger partial charge < -0.3 is 9.84 Å². The molecule has 0 atom stereocenters. The summed E-state index contributed by atoms with van der Waals surface area (Å²) in [5.41, 5.74) is 2.01. The molecule has 1 heterocycles. The van der Waals surface area contributed by atoms with Crippen LogP contribution < -0.4 is 15.0 Å². The minimum atomic E-state index is -1.03. The van der Waals surface area contributed by atoms with Crippen molar-refractivity contribution in [2.24, 2.45) is 0 Å². The summed E-state index contributed by atoms with van der Waals surface area (Å²) in [5.74, 6) is -2.51. The zero-order valence-corrected chi connectivity index (χ0v) is 22.1. The van der Waals surface area contributed by atoms with E-state index >= 15 is 0 Å². The first-order chi connectivity index (χ1) is 17.5. The zero-order chi connectivity index (χ0) is 26.9. The molecule has 0 bridgehead atoms. The Bertz CT molecular complexity index is 1460. The molecule has 2 N–H and O–H groups in total. The average molecular weight is 604 g/mol. The van der Waals surface area contributed by atoms with Crippen molar-refractivity contribution in [3.05, 3.63) is 96.9 Å². The number of carbonyl (C=O) groups is 4. The molecule has 3 aromatic carbocycles. The number of carbonyl (C=O) groups excluding carboxylic acids is 3. The number of halogens is 3. The molecule has 11 heteroatoms. The van der Waals surface area contributed by atoms with Gasteiger partial charge in [0, 0.05) is 4.47 Å². The van der Waals surface area contributed by atoms with Crippen molar-refractivity contribution in [3.8, 4) is 5.75 Å². The molecule has 0 unspecified atom stereocenters. The lowest BCUT2D eigenvalue weighted by molar-refractivity contribution is -0.122. The van der Waals surface area contributed by atoms with E-state index in [0.29, 0.717) is 16.8 Å². The smallest absolute Gasteiger partial charge is 0.335 e. The van der Waals surface area contributed by atoms with Crippen molar-refractivity contribution < 1.29 is 29.0 Å². The molecule has 0 spiro atoms. The van der Waals surface area contributed by atoms with Crippen LogP contribution in [0.2, 0.25) is 10.0 Å². The van der Waals surface area contributed by atoms with Gasteiger partial charge in [0.05, 0.1) is 21.3 Å². The SMILES string of the molecule is Cc1cc(N2C(=O)NC(=O)/C(=C\c3cc(Cl)c(OCc4ccc(C(=O)O)cc4)c(Cl)c3)C2=O)ccc1Br. The Morgan fingerprint density at radius 1 is 1.05 bits per heavy atom. The number of imide groups is 2. The Labute approximate surface area is 229 Å². The number of hydrogen-bond acceptors (Lipinski definition) is 5. The number of rotatable bonds is 6. The lowest BCUT2D eigenvalue weighted by atomic mass is 10.1. The summed E-state index contributed by atoms with van der Waals surface area (Å²) in [5, 5.41) is 11.4. The van der Waals surface area contributed by atoms with E-state index in [4.69, 9.17) is 33.0 Å². The van der Waals surface area contributed by atoms with Crippen LogP contribution in [0.25, 0.3) is 6.08 Å². The number of amides is 4. The first-order valence-corrected chi connectivity index (χ1v) is 12.2. The predicted octanol–water partition coefficient (Wildman–Crippen LogP) is 6.01. The summed E-state index contributed by atoms with van der Waals surface area (Å²) in [6.07, 6.45) is 1.29. The number of hydrogen-bond donors (Lipinski definition) is 2. The first kappa shape index (κ1) is 26.4. The lowest BCUT2D eigenvalue weighted by Gasteiger charge is -2.26. The highest BCUT2D eigenvalue weighted by Crippen LogP contribution is 2.36. The van der Waals surface area contributed by atoms with E-state index in [-0.39, 0.29) is 33.5 Å². The van der Waals surface area contributed by atoms with Crippen LogP contribution in [0.5, 0.6) is 5.75 Å². The van der Waals surface area contributed by atoms with Gasteiger partial charge in [0.25, 0.3) is 11.8 Å². The van der Waals surface area contributed by atoms with E-state index in [1.807, 2.05) is 0 Å². The van der Waals surface area contributed by atoms with Gasteiger partial charge in [-0.05, 0) is 72.2 Å². The van der Waals surface area contributed by atoms with Crippen LogP contribution in [-0.2, 0) is 16.2 Å². The highest BCUT2D eigenvalue weighted by atomic mass is 79.9. The quantitative estimate of drug-likeness (QED) is 0.264. The lowest BCUT2D eigenvalue weighted by Crippen LogP contribution is -2.54. The second-order valence-electron chi connectivity index (χ2n) is 8.00. The van der Waals surface area contributed by atoms with Crippen molar-refractivity contribution in [2.75, 3.05) is 4.90 Å². The molecule has 37 heavy (non-hydrogen) atoms. The predicted molar refractivity (Wildman–Crippen MR) is 142 cm³/mol. The Morgan fingerprint density at radius 3 is 2.30 bits per heavy atom. The molecule has 4 rings (SSSR count). The molecular weight excluding hydrogens is 587 g/mol. The van der Waals surface area contributed by atoms with Crippen LogP contribution in [0.4, 0.5) is 10.5 Å². The zero-order valence-electron chi connectivity index (χ0n) is 19.1. The highest BCUT2D eigenvalue weighted by Gasteiger charge is 2.37. The van der Waals surface area contributed by atoms with E-state index in [1.165, 1.54) is 30.3 Å². The standard InChI is InChI=1S/C26H17BrCl2N2O6/c1-13-8-17(6-7-19(13)27)31-24(33)18(23(32)30-26(31)36)9-15-10-20(28)22(21(29)11-15)37-12-14-2-4-16(5-3-14)25(34)35/h2-11H,12H2,1H3,(H,34,35)(H,30,32,36)/b18-9+. The van der Waals surface area contributed by atoms with Crippen LogP contribution in [0.3, 0.4) is 0 Å². The molecule has 0 saturated carbocycles. The fraction of sp³-hybridized carbons (Fsp3) is 0.0769. The molecule has 0 radical (unpaired) electrons.